The largest absolute Gasteiger partial charge is 1.00 e. The van der Waals surface area contributed by atoms with Crippen LogP contribution >= 0.6 is 15.8 Å². The van der Waals surface area contributed by atoms with Crippen LogP contribution in [0.1, 0.15) is 11.1 Å². The summed E-state index contributed by atoms with van der Waals surface area (Å²) in [4.78, 5) is 0. The van der Waals surface area contributed by atoms with Gasteiger partial charge in [0.2, 0.25) is 0 Å². The van der Waals surface area contributed by atoms with Crippen LogP contribution in [-0.2, 0) is 44.8 Å². The van der Waals surface area contributed by atoms with Crippen LogP contribution in [0.3, 0.4) is 0 Å². The Labute approximate surface area is 400 Å². The van der Waals surface area contributed by atoms with Gasteiger partial charge in [0.15, 0.2) is 0 Å². The Balaban J connectivity index is 0.000000177. The van der Waals surface area contributed by atoms with Crippen LogP contribution in [0.15, 0.2) is 243 Å². The summed E-state index contributed by atoms with van der Waals surface area (Å²) in [5.41, 5.74) is 1.74. The molecule has 10 rings (SSSR count). The summed E-state index contributed by atoms with van der Waals surface area (Å²) in [6.07, 6.45) is 14.5. The Morgan fingerprint density at radius 2 is 0.613 bits per heavy atom. The average Bonchev–Trinajstić information content (AvgIpc) is 3.33. The molecular formula is C58H42Au2P2+2. The molecular weight excluding hydrogens is 1150 g/mol. The van der Waals surface area contributed by atoms with Gasteiger partial charge >= 0.3 is 44.8 Å². The molecule has 0 aliphatic rings. The minimum Gasteiger partial charge on any atom is -0.366 e. The molecule has 0 amide bonds. The van der Waals surface area contributed by atoms with Crippen LogP contribution in [0.25, 0.3) is 32.3 Å². The Kier molecular flexibility index (Phi) is 17.1. The molecule has 0 saturated carbocycles. The maximum atomic E-state index is 7.46. The standard InChI is InChI=1S/C30H24P2.C16H9.C12H7.2Au/c1-5-15-25(16-6-1)31(26-17-7-2-8-18-26)29-23-13-14-24-30(29)32(27-19-9-3-10-20-27)28-21-11-4-12-22-28;1-2-14-15-9-5-3-7-12(15)11-13-8-4-6-10-16(13)14;1-2-10-7-5-8-11-6-3-4-9-12(10)11;;/h1-24H;3-11H;3-9H;;/q;2*-1;2*+1/p+2. The number of fused-ring (bicyclic) bond motifs is 3. The zero-order valence-corrected chi connectivity index (χ0v) is 40.0. The molecule has 0 aromatic heterocycles. The second-order valence-electron chi connectivity index (χ2n) is 14.2. The van der Waals surface area contributed by atoms with Gasteiger partial charge in [0.1, 0.15) is 47.7 Å². The van der Waals surface area contributed by atoms with E-state index < -0.39 is 15.8 Å². The molecule has 4 heteroatoms. The molecule has 0 atom stereocenters. The Morgan fingerprint density at radius 1 is 0.290 bits per heavy atom. The summed E-state index contributed by atoms with van der Waals surface area (Å²) in [5, 5.41) is 15.5. The molecule has 0 aliphatic carbocycles. The van der Waals surface area contributed by atoms with Crippen molar-refractivity contribution in [1.29, 1.82) is 0 Å². The van der Waals surface area contributed by atoms with Gasteiger partial charge in [-0.25, -0.2) is 0 Å². The van der Waals surface area contributed by atoms with Gasteiger partial charge in [-0.1, -0.05) is 186 Å². The zero-order valence-electron chi connectivity index (χ0n) is 33.7. The first-order valence-electron chi connectivity index (χ1n) is 20.0. The fourth-order valence-corrected chi connectivity index (χ4v) is 13.8. The summed E-state index contributed by atoms with van der Waals surface area (Å²) in [6, 6.07) is 85.7. The summed E-state index contributed by atoms with van der Waals surface area (Å²) in [5.74, 6) is 4.98. The van der Waals surface area contributed by atoms with Crippen molar-refractivity contribution in [3.63, 3.8) is 0 Å². The van der Waals surface area contributed by atoms with Crippen LogP contribution in [0, 0.1) is 24.7 Å². The van der Waals surface area contributed by atoms with Crippen LogP contribution in [0.5, 0.6) is 0 Å². The van der Waals surface area contributed by atoms with Gasteiger partial charge in [-0.05, 0) is 82.9 Å². The van der Waals surface area contributed by atoms with E-state index in [1.165, 1.54) is 31.8 Å². The summed E-state index contributed by atoms with van der Waals surface area (Å²) in [7, 11) is -2.28. The molecule has 0 N–H and O–H groups in total. The molecule has 10 aromatic carbocycles. The monoisotopic (exact) mass is 1190 g/mol. The minimum absolute atomic E-state index is 0. The van der Waals surface area contributed by atoms with Crippen molar-refractivity contribution < 1.29 is 44.8 Å². The molecule has 0 saturated heterocycles. The summed E-state index contributed by atoms with van der Waals surface area (Å²) >= 11 is 0. The number of hydrogen-bond donors (Lipinski definition) is 0. The average molecular weight is 1190 g/mol. The molecule has 304 valence electrons. The topological polar surface area (TPSA) is 0 Å². The van der Waals surface area contributed by atoms with Crippen molar-refractivity contribution >= 4 is 80.0 Å². The Hall–Kier alpha value is -5.56. The molecule has 62 heavy (non-hydrogen) atoms. The minimum atomic E-state index is -1.14. The molecule has 0 bridgehead atoms. The first kappa shape index (κ1) is 46.0. The van der Waals surface area contributed by atoms with E-state index in [1.807, 2.05) is 78.9 Å². The van der Waals surface area contributed by atoms with E-state index in [0.717, 1.165) is 43.4 Å². The van der Waals surface area contributed by atoms with Crippen LogP contribution in [-0.4, -0.2) is 0 Å². The van der Waals surface area contributed by atoms with E-state index in [0.29, 0.717) is 0 Å². The third kappa shape index (κ3) is 10.7. The SMILES string of the molecule is [Au+].[Au+].[C-]#Cc1c2ccccc2cc2ccccc12.[C-]#Cc1cccc2ccccc12.c1ccc([PH+](c2ccccc2)c2ccccc2[PH+](c2ccccc2)c2ccccc2)cc1. The van der Waals surface area contributed by atoms with E-state index in [-0.39, 0.29) is 44.8 Å². The number of rotatable bonds is 6. The quantitative estimate of drug-likeness (QED) is 0.0512. The predicted octanol–water partition coefficient (Wildman–Crippen LogP) is 11.4. The first-order chi connectivity index (χ1) is 29.7. The molecule has 0 nitrogen and oxygen atoms in total. The molecule has 0 spiro atoms. The molecule has 0 unspecified atom stereocenters. The van der Waals surface area contributed by atoms with Gasteiger partial charge in [-0.2, -0.15) is 0 Å². The summed E-state index contributed by atoms with van der Waals surface area (Å²) < 4.78 is 0. The number of benzene rings is 10. The summed E-state index contributed by atoms with van der Waals surface area (Å²) in [6.45, 7) is 0. The smallest absolute Gasteiger partial charge is 0.366 e. The normalized spacial score (nSPS) is 10.3. The van der Waals surface area contributed by atoms with Crippen LogP contribution in [0.4, 0.5) is 0 Å². The van der Waals surface area contributed by atoms with Crippen molar-refractivity contribution in [3.05, 3.63) is 267 Å². The fourth-order valence-electron chi connectivity index (χ4n) is 7.78. The molecule has 0 fully saturated rings. The maximum Gasteiger partial charge on any atom is 1.00 e. The molecule has 0 heterocycles. The van der Waals surface area contributed by atoms with E-state index in [2.05, 4.69) is 176 Å². The van der Waals surface area contributed by atoms with Crippen molar-refractivity contribution in [2.45, 2.75) is 0 Å². The van der Waals surface area contributed by atoms with E-state index in [4.69, 9.17) is 12.8 Å². The fraction of sp³-hybridized carbons (Fsp3) is 0. The van der Waals surface area contributed by atoms with Crippen molar-refractivity contribution in [3.8, 4) is 11.8 Å². The van der Waals surface area contributed by atoms with Gasteiger partial charge in [0.25, 0.3) is 0 Å². The third-order valence-electron chi connectivity index (χ3n) is 10.5. The van der Waals surface area contributed by atoms with Gasteiger partial charge < -0.3 is 12.8 Å². The van der Waals surface area contributed by atoms with E-state index in [1.54, 1.807) is 0 Å². The van der Waals surface area contributed by atoms with Crippen molar-refractivity contribution in [2.75, 3.05) is 0 Å². The molecule has 0 aliphatic heterocycles. The van der Waals surface area contributed by atoms with Gasteiger partial charge in [0, 0.05) is 0 Å². The van der Waals surface area contributed by atoms with E-state index >= 15 is 0 Å². The number of hydrogen-bond acceptors (Lipinski definition) is 0. The second-order valence-corrected chi connectivity index (χ2v) is 19.1. The van der Waals surface area contributed by atoms with Crippen LogP contribution < -0.4 is 31.8 Å². The first-order valence-corrected chi connectivity index (χ1v) is 23.0. The van der Waals surface area contributed by atoms with E-state index in [9.17, 15) is 0 Å². The van der Waals surface area contributed by atoms with Gasteiger partial charge in [-0.15, -0.1) is 17.2 Å². The zero-order chi connectivity index (χ0) is 40.9. The van der Waals surface area contributed by atoms with Crippen molar-refractivity contribution in [2.24, 2.45) is 0 Å². The van der Waals surface area contributed by atoms with Crippen LogP contribution in [0.2, 0.25) is 0 Å². The third-order valence-corrected chi connectivity index (χ3v) is 16.4. The Bertz CT molecular complexity index is 2830. The maximum absolute atomic E-state index is 7.46. The van der Waals surface area contributed by atoms with Crippen molar-refractivity contribution in [1.82, 2.24) is 0 Å². The van der Waals surface area contributed by atoms with Gasteiger partial charge in [0.05, 0.1) is 0 Å². The second kappa shape index (κ2) is 23.0. The molecule has 10 aromatic rings. The molecule has 0 radical (unpaired) electrons. The Morgan fingerprint density at radius 3 is 1.00 bits per heavy atom. The predicted molar refractivity (Wildman–Crippen MR) is 265 cm³/mol. The van der Waals surface area contributed by atoms with Gasteiger partial charge in [-0.3, -0.25) is 11.8 Å².